The molecule has 1 amide bonds. The first-order valence-electron chi connectivity index (χ1n) is 7.19. The van der Waals surface area contributed by atoms with E-state index in [0.29, 0.717) is 35.5 Å². The third-order valence-corrected chi connectivity index (χ3v) is 4.98. The van der Waals surface area contributed by atoms with Gasteiger partial charge in [0.15, 0.2) is 0 Å². The normalized spacial score (nSPS) is 31.5. The van der Waals surface area contributed by atoms with Gasteiger partial charge >= 0.3 is 0 Å². The molecule has 5 heteroatoms. The summed E-state index contributed by atoms with van der Waals surface area (Å²) in [4.78, 5) is 15.8. The molecule has 0 unspecified atom stereocenters. The van der Waals surface area contributed by atoms with Gasteiger partial charge in [0.2, 0.25) is 0 Å². The molecule has 2 aliphatic carbocycles. The largest absolute Gasteiger partial charge is 0.390 e. The van der Waals surface area contributed by atoms with Crippen LogP contribution in [0.1, 0.15) is 42.5 Å². The minimum Gasteiger partial charge on any atom is -0.390 e. The second-order valence-electron chi connectivity index (χ2n) is 6.06. The Morgan fingerprint density at radius 1 is 1.55 bits per heavy atom. The number of nitrogens with one attached hydrogen (secondary N) is 1. The summed E-state index contributed by atoms with van der Waals surface area (Å²) in [5.74, 6) is 0.959. The van der Waals surface area contributed by atoms with Gasteiger partial charge in [0.25, 0.3) is 5.91 Å². The van der Waals surface area contributed by atoms with Crippen LogP contribution in [0.15, 0.2) is 18.3 Å². The van der Waals surface area contributed by atoms with E-state index in [4.69, 9.17) is 11.6 Å². The fourth-order valence-electron chi connectivity index (χ4n) is 3.76. The van der Waals surface area contributed by atoms with Crippen molar-refractivity contribution in [3.05, 3.63) is 29.0 Å². The molecule has 2 fully saturated rings. The number of amides is 1. The third kappa shape index (κ3) is 2.67. The summed E-state index contributed by atoms with van der Waals surface area (Å²) in [6.07, 6.45) is 6.60. The molecule has 1 aromatic rings. The van der Waals surface area contributed by atoms with Crippen LogP contribution in [0, 0.1) is 11.8 Å². The highest BCUT2D eigenvalue weighted by Gasteiger charge is 2.49. The van der Waals surface area contributed by atoms with Gasteiger partial charge in [0.05, 0.1) is 5.60 Å². The number of fused-ring (bicyclic) bond motifs is 2. The van der Waals surface area contributed by atoms with Gasteiger partial charge in [-0.2, -0.15) is 0 Å². The molecular weight excluding hydrogens is 276 g/mol. The molecule has 1 aromatic heterocycles. The van der Waals surface area contributed by atoms with E-state index in [0.717, 1.165) is 19.3 Å². The maximum Gasteiger partial charge on any atom is 0.251 e. The quantitative estimate of drug-likeness (QED) is 0.838. The lowest BCUT2D eigenvalue weighted by molar-refractivity contribution is -0.0195. The summed E-state index contributed by atoms with van der Waals surface area (Å²) in [6, 6.07) is 3.18. The number of aliphatic hydroxyl groups is 1. The monoisotopic (exact) mass is 294 g/mol. The number of rotatable bonds is 4. The van der Waals surface area contributed by atoms with Gasteiger partial charge in [-0.05, 0) is 56.1 Å². The molecular formula is C15H19ClN2O2. The molecule has 3 rings (SSSR count). The number of halogens is 1. The fourth-order valence-corrected chi connectivity index (χ4v) is 3.93. The van der Waals surface area contributed by atoms with Crippen LogP contribution < -0.4 is 5.32 Å². The van der Waals surface area contributed by atoms with Crippen molar-refractivity contribution >= 4 is 17.5 Å². The Kier molecular flexibility index (Phi) is 3.69. The number of carbonyl (C=O) groups is 1. The van der Waals surface area contributed by atoms with Crippen LogP contribution in [0.2, 0.25) is 5.15 Å². The smallest absolute Gasteiger partial charge is 0.251 e. The van der Waals surface area contributed by atoms with Crippen molar-refractivity contribution in [3.63, 3.8) is 0 Å². The number of nitrogens with zero attached hydrogens (tertiary/aromatic N) is 1. The Balaban J connectivity index is 1.52. The first-order valence-corrected chi connectivity index (χ1v) is 7.57. The minimum absolute atomic E-state index is 0.166. The van der Waals surface area contributed by atoms with Crippen molar-refractivity contribution in [1.29, 1.82) is 0 Å². The highest BCUT2D eigenvalue weighted by molar-refractivity contribution is 6.29. The highest BCUT2D eigenvalue weighted by atomic mass is 35.5. The van der Waals surface area contributed by atoms with Gasteiger partial charge in [-0.3, -0.25) is 4.79 Å². The summed E-state index contributed by atoms with van der Waals surface area (Å²) in [5.41, 5.74) is -0.0588. The first kappa shape index (κ1) is 13.8. The second kappa shape index (κ2) is 5.34. The average molecular weight is 295 g/mol. The lowest BCUT2D eigenvalue weighted by atomic mass is 9.82. The SMILES string of the molecule is O=C(NCC[C@]1(O)C[C@H]2CC[C@H]1C2)c1ccnc(Cl)c1. The summed E-state index contributed by atoms with van der Waals surface area (Å²) in [6.45, 7) is 0.499. The van der Waals surface area contributed by atoms with Crippen LogP contribution in [-0.4, -0.2) is 28.1 Å². The molecule has 0 saturated heterocycles. The molecule has 20 heavy (non-hydrogen) atoms. The Morgan fingerprint density at radius 3 is 3.05 bits per heavy atom. The molecule has 4 nitrogen and oxygen atoms in total. The van der Waals surface area contributed by atoms with E-state index < -0.39 is 5.60 Å². The fraction of sp³-hybridized carbons (Fsp3) is 0.600. The zero-order chi connectivity index (χ0) is 14.2. The molecule has 0 aromatic carbocycles. The maximum atomic E-state index is 12.0. The Hall–Kier alpha value is -1.13. The Morgan fingerprint density at radius 2 is 2.40 bits per heavy atom. The van der Waals surface area contributed by atoms with Crippen LogP contribution in [0.25, 0.3) is 0 Å². The Labute approximate surface area is 123 Å². The van der Waals surface area contributed by atoms with Gasteiger partial charge in [0, 0.05) is 18.3 Å². The van der Waals surface area contributed by atoms with Gasteiger partial charge in [-0.25, -0.2) is 4.98 Å². The molecule has 2 bridgehead atoms. The van der Waals surface area contributed by atoms with Crippen molar-refractivity contribution < 1.29 is 9.90 Å². The molecule has 0 aliphatic heterocycles. The molecule has 108 valence electrons. The number of aromatic nitrogens is 1. The van der Waals surface area contributed by atoms with Crippen LogP contribution in [0.5, 0.6) is 0 Å². The van der Waals surface area contributed by atoms with Crippen molar-refractivity contribution in [2.75, 3.05) is 6.54 Å². The standard InChI is InChI=1S/C15H19ClN2O2/c16-13-8-11(3-5-17-13)14(19)18-6-4-15(20)9-10-1-2-12(15)7-10/h3,5,8,10,12,20H,1-2,4,6-7,9H2,(H,18,19)/t10-,12-,15-/m0/s1. The summed E-state index contributed by atoms with van der Waals surface area (Å²) in [7, 11) is 0. The van der Waals surface area contributed by atoms with E-state index in [1.807, 2.05) is 0 Å². The van der Waals surface area contributed by atoms with E-state index in [1.165, 1.54) is 12.6 Å². The zero-order valence-electron chi connectivity index (χ0n) is 11.3. The predicted octanol–water partition coefficient (Wildman–Crippen LogP) is 2.41. The summed E-state index contributed by atoms with van der Waals surface area (Å²) >= 11 is 5.76. The van der Waals surface area contributed by atoms with Crippen molar-refractivity contribution in [2.24, 2.45) is 11.8 Å². The number of carbonyl (C=O) groups excluding carboxylic acids is 1. The van der Waals surface area contributed by atoms with Crippen LogP contribution >= 0.6 is 11.6 Å². The highest BCUT2D eigenvalue weighted by Crippen LogP contribution is 2.51. The molecule has 0 radical (unpaired) electrons. The molecule has 2 saturated carbocycles. The van der Waals surface area contributed by atoms with Crippen LogP contribution in [0.4, 0.5) is 0 Å². The lowest BCUT2D eigenvalue weighted by Gasteiger charge is -2.32. The van der Waals surface area contributed by atoms with E-state index in [2.05, 4.69) is 10.3 Å². The van der Waals surface area contributed by atoms with E-state index >= 15 is 0 Å². The topological polar surface area (TPSA) is 62.2 Å². The number of hydrogen-bond acceptors (Lipinski definition) is 3. The number of hydrogen-bond donors (Lipinski definition) is 2. The first-order chi connectivity index (χ1) is 9.57. The summed E-state index contributed by atoms with van der Waals surface area (Å²) in [5, 5.41) is 13.8. The molecule has 3 atom stereocenters. The van der Waals surface area contributed by atoms with Gasteiger partial charge in [-0.15, -0.1) is 0 Å². The second-order valence-corrected chi connectivity index (χ2v) is 6.44. The van der Waals surface area contributed by atoms with Crippen molar-refractivity contribution in [2.45, 2.75) is 37.7 Å². The lowest BCUT2D eigenvalue weighted by Crippen LogP contribution is -2.39. The summed E-state index contributed by atoms with van der Waals surface area (Å²) < 4.78 is 0. The van der Waals surface area contributed by atoms with Gasteiger partial charge in [-0.1, -0.05) is 11.6 Å². The molecule has 2 N–H and O–H groups in total. The van der Waals surface area contributed by atoms with Gasteiger partial charge < -0.3 is 10.4 Å². The maximum absolute atomic E-state index is 12.0. The number of pyridine rings is 1. The molecule has 0 spiro atoms. The average Bonchev–Trinajstić information content (AvgIpc) is 2.98. The molecule has 1 heterocycles. The molecule has 2 aliphatic rings. The zero-order valence-corrected chi connectivity index (χ0v) is 12.1. The third-order valence-electron chi connectivity index (χ3n) is 4.78. The van der Waals surface area contributed by atoms with Crippen LogP contribution in [0.3, 0.4) is 0 Å². The van der Waals surface area contributed by atoms with E-state index in [-0.39, 0.29) is 5.91 Å². The van der Waals surface area contributed by atoms with E-state index in [1.54, 1.807) is 12.1 Å². The van der Waals surface area contributed by atoms with Crippen LogP contribution in [-0.2, 0) is 0 Å². The predicted molar refractivity (Wildman–Crippen MR) is 76.6 cm³/mol. The van der Waals surface area contributed by atoms with E-state index in [9.17, 15) is 9.90 Å². The Bertz CT molecular complexity index is 522. The minimum atomic E-state index is -0.563. The van der Waals surface area contributed by atoms with Crippen molar-refractivity contribution in [3.8, 4) is 0 Å². The van der Waals surface area contributed by atoms with Crippen molar-refractivity contribution in [1.82, 2.24) is 10.3 Å². The van der Waals surface area contributed by atoms with Gasteiger partial charge in [0.1, 0.15) is 5.15 Å².